The SMILES string of the molecule is CC(C)(C)C(=O)Nc1ccc(C(=O)Cc2cc(NC(=O)C(C)(C)C)ncc2NC(=O)C(C)(C)C)cc1.Nc1ccc(-c2cc3cc(N)ncc3[nH]2)cc1. The van der Waals surface area contributed by atoms with E-state index in [1.165, 1.54) is 6.20 Å². The van der Waals surface area contributed by atoms with Crippen LogP contribution < -0.4 is 27.4 Å². The zero-order chi connectivity index (χ0) is 39.3. The van der Waals surface area contributed by atoms with Gasteiger partial charge in [0.05, 0.1) is 23.6 Å². The zero-order valence-corrected chi connectivity index (χ0v) is 31.9. The van der Waals surface area contributed by atoms with Gasteiger partial charge in [-0.25, -0.2) is 9.97 Å². The van der Waals surface area contributed by atoms with Gasteiger partial charge < -0.3 is 32.4 Å². The number of Topliss-reactive ketones (excluding diaryl/α,β-unsaturated/α-hetero) is 1. The molecule has 0 radical (unpaired) electrons. The van der Waals surface area contributed by atoms with E-state index in [1.54, 1.807) is 78.1 Å². The van der Waals surface area contributed by atoms with Gasteiger partial charge in [0.1, 0.15) is 11.6 Å². The maximum absolute atomic E-state index is 13.1. The maximum atomic E-state index is 13.1. The number of nitrogens with zero attached hydrogens (tertiary/aromatic N) is 2. The minimum absolute atomic E-state index is 0.0195. The third kappa shape index (κ3) is 11.0. The van der Waals surface area contributed by atoms with E-state index < -0.39 is 16.2 Å². The second-order valence-corrected chi connectivity index (χ2v) is 16.0. The molecule has 2 aromatic carbocycles. The van der Waals surface area contributed by atoms with Crippen molar-refractivity contribution in [1.82, 2.24) is 15.0 Å². The second-order valence-electron chi connectivity index (χ2n) is 16.0. The van der Waals surface area contributed by atoms with Crippen LogP contribution in [-0.2, 0) is 20.8 Å². The van der Waals surface area contributed by atoms with Gasteiger partial charge in [-0.1, -0.05) is 74.4 Å². The van der Waals surface area contributed by atoms with Crippen LogP contribution in [0.5, 0.6) is 0 Å². The smallest absolute Gasteiger partial charge is 0.230 e. The number of nitrogens with two attached hydrogens (primary N) is 2. The Morgan fingerprint density at radius 2 is 1.23 bits per heavy atom. The summed E-state index contributed by atoms with van der Waals surface area (Å²) in [7, 11) is 0. The molecule has 3 aromatic heterocycles. The fourth-order valence-electron chi connectivity index (χ4n) is 4.64. The molecular formula is C41H50N8O4. The van der Waals surface area contributed by atoms with Gasteiger partial charge in [-0.15, -0.1) is 0 Å². The molecule has 0 unspecified atom stereocenters. The topological polar surface area (TPSA) is 198 Å². The molecule has 0 aliphatic heterocycles. The van der Waals surface area contributed by atoms with Crippen molar-refractivity contribution in [3.63, 3.8) is 0 Å². The summed E-state index contributed by atoms with van der Waals surface area (Å²) in [4.78, 5) is 62.0. The predicted molar refractivity (Wildman–Crippen MR) is 213 cm³/mol. The Balaban J connectivity index is 0.000000303. The molecule has 0 fully saturated rings. The van der Waals surface area contributed by atoms with E-state index in [9.17, 15) is 19.2 Å². The summed E-state index contributed by atoms with van der Waals surface area (Å²) >= 11 is 0. The first-order valence-electron chi connectivity index (χ1n) is 17.3. The Morgan fingerprint density at radius 3 is 1.81 bits per heavy atom. The van der Waals surface area contributed by atoms with E-state index in [2.05, 4.69) is 37.0 Å². The van der Waals surface area contributed by atoms with Crippen molar-refractivity contribution in [3.05, 3.63) is 90.3 Å². The molecule has 0 saturated heterocycles. The molecule has 5 rings (SSSR count). The van der Waals surface area contributed by atoms with Crippen molar-refractivity contribution in [1.29, 1.82) is 0 Å². The van der Waals surface area contributed by atoms with Crippen LogP contribution in [0.15, 0.2) is 79.1 Å². The van der Waals surface area contributed by atoms with E-state index >= 15 is 0 Å². The highest BCUT2D eigenvalue weighted by atomic mass is 16.2. The van der Waals surface area contributed by atoms with E-state index in [0.717, 1.165) is 27.8 Å². The number of carbonyl (C=O) groups is 4. The van der Waals surface area contributed by atoms with Gasteiger partial charge >= 0.3 is 0 Å². The lowest BCUT2D eigenvalue weighted by molar-refractivity contribution is -0.123. The summed E-state index contributed by atoms with van der Waals surface area (Å²) < 4.78 is 0. The Bertz CT molecular complexity index is 2120. The van der Waals surface area contributed by atoms with Crippen LogP contribution in [0.4, 0.5) is 28.7 Å². The molecule has 0 saturated carbocycles. The lowest BCUT2D eigenvalue weighted by Gasteiger charge is -2.21. The summed E-state index contributed by atoms with van der Waals surface area (Å²) in [6, 6.07) is 19.9. The molecule has 0 aliphatic rings. The minimum atomic E-state index is -0.645. The number of pyridine rings is 2. The number of carbonyl (C=O) groups excluding carboxylic acids is 4. The summed E-state index contributed by atoms with van der Waals surface area (Å²) in [6.07, 6.45) is 3.18. The van der Waals surface area contributed by atoms with Crippen molar-refractivity contribution >= 4 is 63.1 Å². The summed E-state index contributed by atoms with van der Waals surface area (Å²) in [5, 5.41) is 9.51. The summed E-state index contributed by atoms with van der Waals surface area (Å²) in [6.45, 7) is 16.2. The third-order valence-electron chi connectivity index (χ3n) is 8.09. The third-order valence-corrected chi connectivity index (χ3v) is 8.09. The molecule has 0 aliphatic carbocycles. The highest BCUT2D eigenvalue weighted by Gasteiger charge is 2.25. The quantitative estimate of drug-likeness (QED) is 0.0722. The first-order chi connectivity index (χ1) is 24.6. The molecule has 278 valence electrons. The van der Waals surface area contributed by atoms with Crippen LogP contribution in [0.25, 0.3) is 22.2 Å². The molecule has 0 spiro atoms. The number of rotatable bonds is 7. The number of anilines is 5. The average Bonchev–Trinajstić information content (AvgIpc) is 3.48. The van der Waals surface area contributed by atoms with Crippen LogP contribution in [0, 0.1) is 16.2 Å². The molecule has 8 N–H and O–H groups in total. The van der Waals surface area contributed by atoms with E-state index in [-0.39, 0.29) is 29.9 Å². The first-order valence-corrected chi connectivity index (χ1v) is 17.3. The molecule has 3 amide bonds. The van der Waals surface area contributed by atoms with E-state index in [1.807, 2.05) is 51.1 Å². The Morgan fingerprint density at radius 1 is 0.660 bits per heavy atom. The number of benzene rings is 2. The van der Waals surface area contributed by atoms with Crippen molar-refractivity contribution in [2.24, 2.45) is 16.2 Å². The van der Waals surface area contributed by atoms with Crippen LogP contribution >= 0.6 is 0 Å². The van der Waals surface area contributed by atoms with Gasteiger partial charge in [0, 0.05) is 50.7 Å². The number of ketones is 1. The molecule has 12 heteroatoms. The van der Waals surface area contributed by atoms with Gasteiger partial charge in [0.15, 0.2) is 5.78 Å². The lowest BCUT2D eigenvalue weighted by Crippen LogP contribution is -2.29. The number of nitrogens with one attached hydrogen (secondary N) is 4. The second kappa shape index (κ2) is 15.7. The van der Waals surface area contributed by atoms with Crippen LogP contribution in [-0.4, -0.2) is 38.5 Å². The number of H-pyrrole nitrogens is 1. The molecule has 5 aromatic rings. The molecule has 0 bridgehead atoms. The van der Waals surface area contributed by atoms with Crippen molar-refractivity contribution < 1.29 is 19.2 Å². The standard InChI is InChI=1S/C28H38N4O4.C13H12N4/c1-26(2,3)23(34)30-19-12-10-17(11-13-19)21(33)14-18-15-22(32-25(36)28(7,8)9)29-16-20(18)31-24(35)27(4,5)6;14-10-3-1-8(2-4-10)11-5-9-6-13(15)16-7-12(9)17-11/h10-13,15-16H,14H2,1-9H3,(H,30,34)(H,31,35)(H,29,32,36);1-7,17H,14H2,(H2,15,16). The van der Waals surface area contributed by atoms with Gasteiger partial charge in [0.2, 0.25) is 17.7 Å². The normalized spacial score (nSPS) is 11.6. The van der Waals surface area contributed by atoms with Gasteiger partial charge in [-0.05, 0) is 65.7 Å². The minimum Gasteiger partial charge on any atom is -0.399 e. The monoisotopic (exact) mass is 718 g/mol. The number of aromatic nitrogens is 3. The number of amides is 3. The highest BCUT2D eigenvalue weighted by molar-refractivity contribution is 6.01. The Hall–Kier alpha value is -6.04. The molecule has 0 atom stereocenters. The molecule has 12 nitrogen and oxygen atoms in total. The highest BCUT2D eigenvalue weighted by Crippen LogP contribution is 2.27. The number of hydrogen-bond donors (Lipinski definition) is 6. The fourth-order valence-corrected chi connectivity index (χ4v) is 4.64. The van der Waals surface area contributed by atoms with Crippen molar-refractivity contribution in [2.45, 2.75) is 68.7 Å². The number of hydrogen-bond acceptors (Lipinski definition) is 8. The van der Waals surface area contributed by atoms with Crippen molar-refractivity contribution in [3.8, 4) is 11.3 Å². The van der Waals surface area contributed by atoms with E-state index in [4.69, 9.17) is 11.5 Å². The number of fused-ring (bicyclic) bond motifs is 1. The summed E-state index contributed by atoms with van der Waals surface area (Å²) in [5.41, 5.74) is 15.4. The molecule has 53 heavy (non-hydrogen) atoms. The van der Waals surface area contributed by atoms with Crippen LogP contribution in [0.2, 0.25) is 0 Å². The molecular weight excluding hydrogens is 669 g/mol. The summed E-state index contributed by atoms with van der Waals surface area (Å²) in [5.74, 6) is 0.0822. The van der Waals surface area contributed by atoms with Gasteiger partial charge in [-0.3, -0.25) is 19.2 Å². The number of aromatic amines is 1. The predicted octanol–water partition coefficient (Wildman–Crippen LogP) is 7.86. The zero-order valence-electron chi connectivity index (χ0n) is 31.9. The fraction of sp³-hybridized carbons (Fsp3) is 0.317. The van der Waals surface area contributed by atoms with E-state index in [0.29, 0.717) is 34.1 Å². The van der Waals surface area contributed by atoms with Crippen LogP contribution in [0.3, 0.4) is 0 Å². The molecule has 3 heterocycles. The van der Waals surface area contributed by atoms with Crippen LogP contribution in [0.1, 0.15) is 78.2 Å². The lowest BCUT2D eigenvalue weighted by atomic mass is 9.94. The Kier molecular flexibility index (Phi) is 11.8. The van der Waals surface area contributed by atoms with Gasteiger partial charge in [0.25, 0.3) is 0 Å². The first kappa shape index (κ1) is 39.7. The largest absolute Gasteiger partial charge is 0.399 e. The Labute approximate surface area is 310 Å². The number of nitrogen functional groups attached to an aromatic ring is 2. The van der Waals surface area contributed by atoms with Gasteiger partial charge in [-0.2, -0.15) is 0 Å². The van der Waals surface area contributed by atoms with Crippen molar-refractivity contribution in [2.75, 3.05) is 27.4 Å². The maximum Gasteiger partial charge on any atom is 0.230 e. The average molecular weight is 719 g/mol.